The second-order valence-electron chi connectivity index (χ2n) is 7.89. The molecule has 3 rings (SSSR count). The maximum absolute atomic E-state index is 12.6. The Morgan fingerprint density at radius 1 is 1.12 bits per heavy atom. The fourth-order valence-electron chi connectivity index (χ4n) is 4.36. The third-order valence-corrected chi connectivity index (χ3v) is 5.84. The normalized spacial score (nSPS) is 23.2. The van der Waals surface area contributed by atoms with Crippen LogP contribution >= 0.6 is 0 Å². The summed E-state index contributed by atoms with van der Waals surface area (Å²) in [5, 5.41) is 2.86. The summed E-state index contributed by atoms with van der Waals surface area (Å²) in [6.07, 6.45) is 7.64. The highest BCUT2D eigenvalue weighted by Gasteiger charge is 2.34. The number of rotatable bonds is 5. The van der Waals surface area contributed by atoms with Crippen LogP contribution in [0.2, 0.25) is 0 Å². The molecule has 1 saturated carbocycles. The molecule has 1 aromatic rings. The fraction of sp³-hybridized carbons (Fsp3) is 0.619. The molecule has 26 heavy (non-hydrogen) atoms. The number of hydrogen-bond donors (Lipinski definition) is 1. The van der Waals surface area contributed by atoms with Crippen molar-refractivity contribution in [2.45, 2.75) is 51.5 Å². The van der Waals surface area contributed by atoms with Gasteiger partial charge in [0.05, 0.1) is 13.1 Å². The lowest BCUT2D eigenvalue weighted by molar-refractivity contribution is -0.135. The zero-order valence-corrected chi connectivity index (χ0v) is 16.0. The number of amides is 2. The van der Waals surface area contributed by atoms with Crippen molar-refractivity contribution in [3.63, 3.8) is 0 Å². The lowest BCUT2D eigenvalue weighted by Gasteiger charge is -2.44. The first-order valence-electron chi connectivity index (χ1n) is 9.87. The van der Waals surface area contributed by atoms with Crippen molar-refractivity contribution in [2.24, 2.45) is 5.92 Å². The standard InChI is InChI=1S/C21H31N3O2/c1-16-9-11-18(12-10-16)22-20(25)14-23(2)21(26)15-24-13-5-7-17-6-3-4-8-19(17)24/h9-12,17,19H,3-8,13-15H2,1-2H3,(H,22,25)/t17-,19+/m1/s1. The van der Waals surface area contributed by atoms with Gasteiger partial charge in [-0.15, -0.1) is 0 Å². The van der Waals surface area contributed by atoms with Gasteiger partial charge in [0.1, 0.15) is 0 Å². The van der Waals surface area contributed by atoms with Crippen LogP contribution in [-0.4, -0.2) is 54.3 Å². The number of fused-ring (bicyclic) bond motifs is 1. The van der Waals surface area contributed by atoms with E-state index in [2.05, 4.69) is 10.2 Å². The van der Waals surface area contributed by atoms with Crippen molar-refractivity contribution >= 4 is 17.5 Å². The topological polar surface area (TPSA) is 52.7 Å². The minimum Gasteiger partial charge on any atom is -0.335 e. The van der Waals surface area contributed by atoms with Gasteiger partial charge in [0, 0.05) is 18.8 Å². The molecular weight excluding hydrogens is 326 g/mol. The molecule has 1 aliphatic heterocycles. The van der Waals surface area contributed by atoms with Crippen LogP contribution in [0.15, 0.2) is 24.3 Å². The molecule has 2 amide bonds. The molecule has 0 unspecified atom stereocenters. The molecule has 1 aromatic carbocycles. The van der Waals surface area contributed by atoms with E-state index in [0.717, 1.165) is 23.7 Å². The summed E-state index contributed by atoms with van der Waals surface area (Å²) in [5.74, 6) is 0.648. The number of aryl methyl sites for hydroxylation is 1. The second-order valence-corrected chi connectivity index (χ2v) is 7.89. The summed E-state index contributed by atoms with van der Waals surface area (Å²) in [6.45, 7) is 3.55. The van der Waals surface area contributed by atoms with Crippen molar-refractivity contribution in [1.29, 1.82) is 0 Å². The van der Waals surface area contributed by atoms with E-state index < -0.39 is 0 Å². The van der Waals surface area contributed by atoms with E-state index in [-0.39, 0.29) is 18.4 Å². The first-order valence-corrected chi connectivity index (χ1v) is 9.87. The van der Waals surface area contributed by atoms with Crippen LogP contribution in [0.5, 0.6) is 0 Å². The Morgan fingerprint density at radius 3 is 2.58 bits per heavy atom. The summed E-state index contributed by atoms with van der Waals surface area (Å²) >= 11 is 0. The Kier molecular flexibility index (Phi) is 6.30. The zero-order chi connectivity index (χ0) is 18.5. The number of nitrogens with one attached hydrogen (secondary N) is 1. The first kappa shape index (κ1) is 18.9. The molecule has 2 atom stereocenters. The van der Waals surface area contributed by atoms with Crippen molar-refractivity contribution in [1.82, 2.24) is 9.80 Å². The van der Waals surface area contributed by atoms with Crippen molar-refractivity contribution in [2.75, 3.05) is 32.0 Å². The summed E-state index contributed by atoms with van der Waals surface area (Å²) in [4.78, 5) is 28.8. The van der Waals surface area contributed by atoms with Crippen molar-refractivity contribution < 1.29 is 9.59 Å². The Morgan fingerprint density at radius 2 is 1.81 bits per heavy atom. The lowest BCUT2D eigenvalue weighted by Crippen LogP contribution is -2.51. The number of piperidine rings is 1. The summed E-state index contributed by atoms with van der Waals surface area (Å²) in [6, 6.07) is 8.25. The van der Waals surface area contributed by atoms with Gasteiger partial charge in [-0.25, -0.2) is 0 Å². The van der Waals surface area contributed by atoms with Gasteiger partial charge < -0.3 is 10.2 Å². The van der Waals surface area contributed by atoms with Gasteiger partial charge >= 0.3 is 0 Å². The predicted octanol–water partition coefficient (Wildman–Crippen LogP) is 3.05. The second kappa shape index (κ2) is 8.67. The van der Waals surface area contributed by atoms with Crippen molar-refractivity contribution in [3.05, 3.63) is 29.8 Å². The molecule has 1 saturated heterocycles. The van der Waals surface area contributed by atoms with E-state index in [1.165, 1.54) is 38.5 Å². The van der Waals surface area contributed by atoms with Gasteiger partial charge in [0.15, 0.2) is 0 Å². The number of carbonyl (C=O) groups is 2. The van der Waals surface area contributed by atoms with E-state index in [9.17, 15) is 9.59 Å². The minimum atomic E-state index is -0.154. The molecule has 0 radical (unpaired) electrons. The summed E-state index contributed by atoms with van der Waals surface area (Å²) < 4.78 is 0. The number of likely N-dealkylation sites (tertiary alicyclic amines) is 1. The minimum absolute atomic E-state index is 0.0373. The van der Waals surface area contributed by atoms with Crippen LogP contribution in [0.3, 0.4) is 0 Å². The first-order chi connectivity index (χ1) is 12.5. The molecule has 1 heterocycles. The van der Waals surface area contributed by atoms with Gasteiger partial charge in [-0.1, -0.05) is 30.5 Å². The van der Waals surface area contributed by atoms with E-state index in [4.69, 9.17) is 0 Å². The summed E-state index contributed by atoms with van der Waals surface area (Å²) in [5.41, 5.74) is 1.92. The average molecular weight is 357 g/mol. The number of carbonyl (C=O) groups excluding carboxylic acids is 2. The molecular formula is C21H31N3O2. The van der Waals surface area contributed by atoms with Crippen LogP contribution in [0.25, 0.3) is 0 Å². The molecule has 0 spiro atoms. The molecule has 142 valence electrons. The van der Waals surface area contributed by atoms with Gasteiger partial charge in [-0.05, 0) is 57.2 Å². The zero-order valence-electron chi connectivity index (χ0n) is 16.0. The van der Waals surface area contributed by atoms with Gasteiger partial charge in [0.25, 0.3) is 0 Å². The van der Waals surface area contributed by atoms with Crippen LogP contribution in [-0.2, 0) is 9.59 Å². The third-order valence-electron chi connectivity index (χ3n) is 5.84. The fourth-order valence-corrected chi connectivity index (χ4v) is 4.36. The van der Waals surface area contributed by atoms with E-state index in [0.29, 0.717) is 12.6 Å². The number of benzene rings is 1. The number of nitrogens with zero attached hydrogens (tertiary/aromatic N) is 2. The number of hydrogen-bond acceptors (Lipinski definition) is 3. The lowest BCUT2D eigenvalue weighted by atomic mass is 9.78. The highest BCUT2D eigenvalue weighted by Crippen LogP contribution is 2.35. The smallest absolute Gasteiger partial charge is 0.243 e. The van der Waals surface area contributed by atoms with E-state index in [1.54, 1.807) is 11.9 Å². The summed E-state index contributed by atoms with van der Waals surface area (Å²) in [7, 11) is 1.72. The molecule has 1 N–H and O–H groups in total. The largest absolute Gasteiger partial charge is 0.335 e. The third kappa shape index (κ3) is 4.85. The van der Waals surface area contributed by atoms with Crippen molar-refractivity contribution in [3.8, 4) is 0 Å². The molecule has 2 aliphatic rings. The molecule has 5 heteroatoms. The Bertz CT molecular complexity index is 627. The SMILES string of the molecule is Cc1ccc(NC(=O)CN(C)C(=O)CN2CCC[C@H]3CCCC[C@@H]32)cc1. The molecule has 5 nitrogen and oxygen atoms in total. The predicted molar refractivity (Wildman–Crippen MR) is 104 cm³/mol. The maximum Gasteiger partial charge on any atom is 0.243 e. The number of likely N-dealkylation sites (N-methyl/N-ethyl adjacent to an activating group) is 1. The van der Waals surface area contributed by atoms with Crippen LogP contribution < -0.4 is 5.32 Å². The highest BCUT2D eigenvalue weighted by molar-refractivity contribution is 5.94. The van der Waals surface area contributed by atoms with Gasteiger partial charge in [-0.2, -0.15) is 0 Å². The monoisotopic (exact) mass is 357 g/mol. The van der Waals surface area contributed by atoms with Gasteiger partial charge in [-0.3, -0.25) is 14.5 Å². The Balaban J connectivity index is 1.49. The quantitative estimate of drug-likeness (QED) is 0.881. The molecule has 1 aliphatic carbocycles. The van der Waals surface area contributed by atoms with Crippen LogP contribution in [0.4, 0.5) is 5.69 Å². The molecule has 0 aromatic heterocycles. The highest BCUT2D eigenvalue weighted by atomic mass is 16.2. The van der Waals surface area contributed by atoms with Crippen LogP contribution in [0, 0.1) is 12.8 Å². The maximum atomic E-state index is 12.6. The van der Waals surface area contributed by atoms with E-state index >= 15 is 0 Å². The average Bonchev–Trinajstić information content (AvgIpc) is 2.64. The molecule has 2 fully saturated rings. The van der Waals surface area contributed by atoms with Gasteiger partial charge in [0.2, 0.25) is 11.8 Å². The molecule has 0 bridgehead atoms. The number of anilines is 1. The Hall–Kier alpha value is -1.88. The van der Waals surface area contributed by atoms with Crippen LogP contribution in [0.1, 0.15) is 44.1 Å². The van der Waals surface area contributed by atoms with E-state index in [1.807, 2.05) is 31.2 Å². The Labute approximate surface area is 156 Å².